The molecular weight excluding hydrogens is 292 g/mol. The highest BCUT2D eigenvalue weighted by Crippen LogP contribution is 2.10. The minimum atomic E-state index is -0.660. The number of imidazole rings is 1. The highest BCUT2D eigenvalue weighted by molar-refractivity contribution is 5.81. The zero-order chi connectivity index (χ0) is 16.9. The van der Waals surface area contributed by atoms with E-state index < -0.39 is 12.3 Å². The van der Waals surface area contributed by atoms with Crippen LogP contribution in [0.15, 0.2) is 12.5 Å². The van der Waals surface area contributed by atoms with Crippen LogP contribution in [0.1, 0.15) is 64.0 Å². The summed E-state index contributed by atoms with van der Waals surface area (Å²) in [5.74, 6) is -0.133. The maximum absolute atomic E-state index is 11.9. The largest absolute Gasteiger partial charge is 0.379 e. The molecule has 132 valence electrons. The van der Waals surface area contributed by atoms with E-state index in [0.29, 0.717) is 12.8 Å². The van der Waals surface area contributed by atoms with E-state index in [1.807, 2.05) is 0 Å². The van der Waals surface area contributed by atoms with Crippen LogP contribution in [-0.4, -0.2) is 40.3 Å². The first-order valence-electron chi connectivity index (χ1n) is 8.80. The van der Waals surface area contributed by atoms with E-state index in [1.165, 1.54) is 32.1 Å². The first-order valence-corrected chi connectivity index (χ1v) is 8.80. The summed E-state index contributed by atoms with van der Waals surface area (Å²) in [7, 11) is 1.60. The van der Waals surface area contributed by atoms with Crippen LogP contribution >= 0.6 is 0 Å². The van der Waals surface area contributed by atoms with E-state index >= 15 is 0 Å². The lowest BCUT2D eigenvalue weighted by atomic mass is 10.1. The van der Waals surface area contributed by atoms with E-state index in [-0.39, 0.29) is 5.91 Å². The van der Waals surface area contributed by atoms with Crippen LogP contribution in [0.3, 0.4) is 0 Å². The lowest BCUT2D eigenvalue weighted by molar-refractivity contribution is -0.123. The van der Waals surface area contributed by atoms with Gasteiger partial charge in [-0.1, -0.05) is 45.4 Å². The van der Waals surface area contributed by atoms with Gasteiger partial charge in [0, 0.05) is 19.7 Å². The van der Waals surface area contributed by atoms with E-state index in [9.17, 15) is 9.90 Å². The molecule has 2 unspecified atom stereocenters. The molecule has 1 rings (SSSR count). The number of aromatic amines is 1. The summed E-state index contributed by atoms with van der Waals surface area (Å²) in [5.41, 5.74) is 0.800. The molecule has 0 saturated heterocycles. The number of hydrogen-bond donors (Lipinski definition) is 4. The van der Waals surface area contributed by atoms with Gasteiger partial charge in [0.05, 0.1) is 18.1 Å². The van der Waals surface area contributed by atoms with Crippen molar-refractivity contribution in [1.82, 2.24) is 20.6 Å². The molecule has 0 aliphatic carbocycles. The predicted molar refractivity (Wildman–Crippen MR) is 91.9 cm³/mol. The number of amides is 1. The molecule has 6 nitrogen and oxygen atoms in total. The van der Waals surface area contributed by atoms with Crippen LogP contribution in [0.2, 0.25) is 0 Å². The number of carbonyl (C=O) groups excluding carboxylic acids is 1. The zero-order valence-electron chi connectivity index (χ0n) is 14.5. The second-order valence-electron chi connectivity index (χ2n) is 6.02. The molecule has 1 heterocycles. The van der Waals surface area contributed by atoms with Crippen molar-refractivity contribution < 1.29 is 9.90 Å². The number of nitrogens with one attached hydrogen (secondary N) is 3. The third-order valence-corrected chi connectivity index (χ3v) is 4.01. The first-order chi connectivity index (χ1) is 11.2. The Morgan fingerprint density at radius 1 is 1.26 bits per heavy atom. The standard InChI is InChI=1S/C17H32N4O2/c1-3-4-5-6-7-8-9-10-16(22)21-15(17(23)18-2)11-14-12-19-13-20-14/h12-13,15-16,21-22H,3-11H2,1-2H3,(H,18,23)(H,19,20). The quantitative estimate of drug-likeness (QED) is 0.330. The lowest BCUT2D eigenvalue weighted by Gasteiger charge is -2.20. The van der Waals surface area contributed by atoms with Gasteiger partial charge in [0.25, 0.3) is 0 Å². The number of unbranched alkanes of at least 4 members (excludes halogenated alkanes) is 6. The van der Waals surface area contributed by atoms with Gasteiger partial charge in [-0.15, -0.1) is 0 Å². The molecule has 1 amide bonds. The highest BCUT2D eigenvalue weighted by atomic mass is 16.3. The first kappa shape index (κ1) is 19.6. The van der Waals surface area contributed by atoms with Gasteiger partial charge in [0.15, 0.2) is 0 Å². The number of H-pyrrole nitrogens is 1. The van der Waals surface area contributed by atoms with Crippen molar-refractivity contribution in [1.29, 1.82) is 0 Å². The zero-order valence-corrected chi connectivity index (χ0v) is 14.5. The summed E-state index contributed by atoms with van der Waals surface area (Å²) in [4.78, 5) is 18.9. The van der Waals surface area contributed by atoms with Crippen LogP contribution in [-0.2, 0) is 11.2 Å². The third kappa shape index (κ3) is 8.71. The van der Waals surface area contributed by atoms with Crippen LogP contribution in [0.4, 0.5) is 0 Å². The number of aliphatic hydroxyl groups is 1. The Hall–Kier alpha value is -1.40. The number of carbonyl (C=O) groups is 1. The molecular formula is C17H32N4O2. The number of aromatic nitrogens is 2. The third-order valence-electron chi connectivity index (χ3n) is 4.01. The predicted octanol–water partition coefficient (Wildman–Crippen LogP) is 2.12. The molecule has 0 bridgehead atoms. The molecule has 0 fully saturated rings. The minimum absolute atomic E-state index is 0.133. The summed E-state index contributed by atoms with van der Waals surface area (Å²) < 4.78 is 0. The second kappa shape index (κ2) is 12.1. The van der Waals surface area contributed by atoms with Crippen molar-refractivity contribution in [3.8, 4) is 0 Å². The molecule has 23 heavy (non-hydrogen) atoms. The maximum Gasteiger partial charge on any atom is 0.237 e. The van der Waals surface area contributed by atoms with E-state index in [2.05, 4.69) is 27.5 Å². The number of rotatable bonds is 13. The molecule has 0 radical (unpaired) electrons. The molecule has 6 heteroatoms. The molecule has 0 aromatic carbocycles. The average Bonchev–Trinajstić information content (AvgIpc) is 3.05. The Morgan fingerprint density at radius 2 is 1.96 bits per heavy atom. The van der Waals surface area contributed by atoms with E-state index in [0.717, 1.165) is 18.5 Å². The minimum Gasteiger partial charge on any atom is -0.379 e. The Kier molecular flexibility index (Phi) is 10.3. The van der Waals surface area contributed by atoms with Gasteiger partial charge in [0.2, 0.25) is 5.91 Å². The fraction of sp³-hybridized carbons (Fsp3) is 0.765. The summed E-state index contributed by atoms with van der Waals surface area (Å²) in [6.45, 7) is 2.22. The van der Waals surface area contributed by atoms with Crippen LogP contribution < -0.4 is 10.6 Å². The summed E-state index contributed by atoms with van der Waals surface area (Å²) in [5, 5.41) is 15.7. The smallest absolute Gasteiger partial charge is 0.237 e. The SMILES string of the molecule is CCCCCCCCCC(O)NC(Cc1c[nH]cn1)C(=O)NC. The molecule has 1 aromatic rings. The molecule has 2 atom stereocenters. The normalized spacial score (nSPS) is 13.7. The summed E-state index contributed by atoms with van der Waals surface area (Å²) in [6.07, 6.45) is 12.3. The van der Waals surface area contributed by atoms with Gasteiger partial charge in [0.1, 0.15) is 6.23 Å². The highest BCUT2D eigenvalue weighted by Gasteiger charge is 2.21. The average molecular weight is 324 g/mol. The fourth-order valence-corrected chi connectivity index (χ4v) is 2.62. The van der Waals surface area contributed by atoms with Gasteiger partial charge in [-0.25, -0.2) is 4.98 Å². The maximum atomic E-state index is 11.9. The molecule has 0 aliphatic rings. The van der Waals surface area contributed by atoms with Crippen LogP contribution in [0.5, 0.6) is 0 Å². The lowest BCUT2D eigenvalue weighted by Crippen LogP contribution is -2.48. The van der Waals surface area contributed by atoms with Gasteiger partial charge in [-0.3, -0.25) is 10.1 Å². The van der Waals surface area contributed by atoms with E-state index in [1.54, 1.807) is 19.6 Å². The number of hydrogen-bond acceptors (Lipinski definition) is 4. The Morgan fingerprint density at radius 3 is 2.57 bits per heavy atom. The van der Waals surface area contributed by atoms with Crippen molar-refractivity contribution >= 4 is 5.91 Å². The molecule has 4 N–H and O–H groups in total. The van der Waals surface area contributed by atoms with Crippen molar-refractivity contribution in [2.75, 3.05) is 7.05 Å². The van der Waals surface area contributed by atoms with Gasteiger partial charge in [-0.2, -0.15) is 0 Å². The molecule has 0 aliphatic heterocycles. The number of nitrogens with zero attached hydrogens (tertiary/aromatic N) is 1. The Balaban J connectivity index is 2.24. The monoisotopic (exact) mass is 324 g/mol. The molecule has 0 saturated carbocycles. The summed E-state index contributed by atoms with van der Waals surface area (Å²) >= 11 is 0. The van der Waals surface area contributed by atoms with E-state index in [4.69, 9.17) is 0 Å². The van der Waals surface area contributed by atoms with Gasteiger partial charge < -0.3 is 15.4 Å². The fourth-order valence-electron chi connectivity index (χ4n) is 2.62. The van der Waals surface area contributed by atoms with Crippen molar-refractivity contribution in [2.45, 2.75) is 77.0 Å². The number of aliphatic hydroxyl groups excluding tert-OH is 1. The number of likely N-dealkylation sites (N-methyl/N-ethyl adjacent to an activating group) is 1. The summed E-state index contributed by atoms with van der Waals surface area (Å²) in [6, 6.07) is -0.470. The van der Waals surface area contributed by atoms with Crippen LogP contribution in [0.25, 0.3) is 0 Å². The van der Waals surface area contributed by atoms with Gasteiger partial charge in [-0.05, 0) is 12.8 Å². The van der Waals surface area contributed by atoms with Crippen LogP contribution in [0, 0.1) is 0 Å². The van der Waals surface area contributed by atoms with Crippen molar-refractivity contribution in [2.24, 2.45) is 0 Å². The van der Waals surface area contributed by atoms with Crippen molar-refractivity contribution in [3.63, 3.8) is 0 Å². The van der Waals surface area contributed by atoms with Crippen molar-refractivity contribution in [3.05, 3.63) is 18.2 Å². The second-order valence-corrected chi connectivity index (χ2v) is 6.02. The Bertz CT molecular complexity index is 409. The topological polar surface area (TPSA) is 90.0 Å². The molecule has 1 aromatic heterocycles. The molecule has 0 spiro atoms. The Labute approximate surface area is 139 Å². The van der Waals surface area contributed by atoms with Gasteiger partial charge >= 0.3 is 0 Å².